The molecule has 1 saturated heterocycles. The Morgan fingerprint density at radius 1 is 0.757 bits per heavy atom. The zero-order valence-electron chi connectivity index (χ0n) is 21.4. The maximum absolute atomic E-state index is 13.8. The van der Waals surface area contributed by atoms with Crippen molar-refractivity contribution in [2.24, 2.45) is 5.92 Å². The minimum Gasteiger partial charge on any atom is -0.390 e. The number of fused-ring (bicyclic) bond motifs is 1. The van der Waals surface area contributed by atoms with Gasteiger partial charge in [-0.25, -0.2) is 9.91 Å². The summed E-state index contributed by atoms with van der Waals surface area (Å²) in [4.78, 5) is 28.5. The van der Waals surface area contributed by atoms with Gasteiger partial charge in [0.05, 0.1) is 23.8 Å². The Hall–Kier alpha value is -3.74. The third-order valence-electron chi connectivity index (χ3n) is 7.49. The molecule has 5 rings (SSSR count). The third-order valence-corrected chi connectivity index (χ3v) is 7.49. The first kappa shape index (κ1) is 24.9. The first-order chi connectivity index (χ1) is 17.9. The number of imide groups is 1. The lowest BCUT2D eigenvalue weighted by atomic mass is 9.86. The van der Waals surface area contributed by atoms with Crippen LogP contribution in [-0.4, -0.2) is 40.1 Å². The van der Waals surface area contributed by atoms with Gasteiger partial charge in [-0.3, -0.25) is 9.59 Å². The van der Waals surface area contributed by atoms with Gasteiger partial charge in [0.15, 0.2) is 0 Å². The fourth-order valence-electron chi connectivity index (χ4n) is 5.27. The number of hydrazine groups is 1. The highest BCUT2D eigenvalue weighted by Crippen LogP contribution is 2.37. The van der Waals surface area contributed by atoms with Crippen LogP contribution in [0.4, 0.5) is 11.4 Å². The Balaban J connectivity index is 1.51. The Morgan fingerprint density at radius 3 is 2.00 bits per heavy atom. The van der Waals surface area contributed by atoms with Crippen LogP contribution in [0.5, 0.6) is 0 Å². The van der Waals surface area contributed by atoms with Gasteiger partial charge in [-0.2, -0.15) is 0 Å². The van der Waals surface area contributed by atoms with Gasteiger partial charge < -0.3 is 10.5 Å². The van der Waals surface area contributed by atoms with Crippen molar-refractivity contribution in [3.63, 3.8) is 0 Å². The lowest BCUT2D eigenvalue weighted by Crippen LogP contribution is -2.58. The van der Waals surface area contributed by atoms with Crippen molar-refractivity contribution < 1.29 is 14.7 Å². The fraction of sp³-hybridized carbons (Fsp3) is 0.290. The van der Waals surface area contributed by atoms with E-state index in [4.69, 9.17) is 0 Å². The van der Waals surface area contributed by atoms with E-state index in [-0.39, 0.29) is 17.7 Å². The molecule has 2 heterocycles. The summed E-state index contributed by atoms with van der Waals surface area (Å²) < 4.78 is 0. The number of para-hydroxylation sites is 1. The van der Waals surface area contributed by atoms with Crippen LogP contribution in [0.1, 0.15) is 43.7 Å². The van der Waals surface area contributed by atoms with Crippen molar-refractivity contribution in [1.82, 2.24) is 5.01 Å². The smallest absolute Gasteiger partial charge is 0.254 e. The number of nitrogens with one attached hydrogen (secondary N) is 1. The van der Waals surface area contributed by atoms with Crippen molar-refractivity contribution >= 4 is 23.2 Å². The molecule has 190 valence electrons. The van der Waals surface area contributed by atoms with E-state index in [2.05, 4.69) is 31.4 Å². The van der Waals surface area contributed by atoms with Crippen molar-refractivity contribution in [2.45, 2.75) is 50.8 Å². The minimum atomic E-state index is -0.823. The van der Waals surface area contributed by atoms with Crippen LogP contribution in [0.15, 0.2) is 97.1 Å². The normalized spacial score (nSPS) is 23.3. The maximum Gasteiger partial charge on any atom is 0.254 e. The number of hydrogen-bond acceptors (Lipinski definition) is 5. The van der Waals surface area contributed by atoms with E-state index in [9.17, 15) is 14.7 Å². The predicted octanol–water partition coefficient (Wildman–Crippen LogP) is 5.10. The van der Waals surface area contributed by atoms with Crippen LogP contribution >= 0.6 is 0 Å². The van der Waals surface area contributed by atoms with Gasteiger partial charge in [-0.1, -0.05) is 93.6 Å². The molecule has 2 N–H and O–H groups in total. The largest absolute Gasteiger partial charge is 0.390 e. The first-order valence-electron chi connectivity index (χ1n) is 12.9. The van der Waals surface area contributed by atoms with Crippen LogP contribution in [-0.2, 0) is 9.59 Å². The number of amides is 2. The summed E-state index contributed by atoms with van der Waals surface area (Å²) in [5.41, 5.74) is 6.96. The van der Waals surface area contributed by atoms with Crippen LogP contribution in [0.3, 0.4) is 0 Å². The number of rotatable bonds is 7. The average Bonchev–Trinajstić information content (AvgIpc) is 3.19. The van der Waals surface area contributed by atoms with Gasteiger partial charge >= 0.3 is 0 Å². The number of anilines is 2. The quantitative estimate of drug-likeness (QED) is 0.352. The van der Waals surface area contributed by atoms with E-state index in [0.717, 1.165) is 11.3 Å². The van der Waals surface area contributed by atoms with Gasteiger partial charge in [0, 0.05) is 11.6 Å². The first-order valence-corrected chi connectivity index (χ1v) is 12.9. The summed E-state index contributed by atoms with van der Waals surface area (Å²) >= 11 is 0. The molecule has 0 saturated carbocycles. The molecule has 0 spiro atoms. The second-order valence-electron chi connectivity index (χ2n) is 10.2. The fourth-order valence-corrected chi connectivity index (χ4v) is 5.27. The number of aliphatic hydroxyl groups is 1. The molecule has 1 fully saturated rings. The Bertz CT molecular complexity index is 1270. The molecule has 5 unspecified atom stereocenters. The SMILES string of the molecule is CC(C)c1ccc(NN2C(C(O)C(C)c3ccccc3)C=CC3C(=O)N(c4ccccc4)C(=O)C32)cc1. The molecule has 0 bridgehead atoms. The lowest BCUT2D eigenvalue weighted by molar-refractivity contribution is -0.123. The summed E-state index contributed by atoms with van der Waals surface area (Å²) in [7, 11) is 0. The average molecular weight is 496 g/mol. The van der Waals surface area contributed by atoms with Crippen molar-refractivity contribution in [3.05, 3.63) is 108 Å². The number of aliphatic hydroxyl groups excluding tert-OH is 1. The molecule has 2 aliphatic rings. The number of nitrogens with zero attached hydrogens (tertiary/aromatic N) is 2. The van der Waals surface area contributed by atoms with Gasteiger partial charge in [-0.05, 0) is 41.3 Å². The molecular formula is C31H33N3O3. The van der Waals surface area contributed by atoms with E-state index in [1.54, 1.807) is 23.2 Å². The molecule has 6 heteroatoms. The second-order valence-corrected chi connectivity index (χ2v) is 10.2. The van der Waals surface area contributed by atoms with E-state index in [1.807, 2.05) is 73.7 Å². The highest BCUT2D eigenvalue weighted by Gasteiger charge is 2.54. The molecule has 2 amide bonds. The molecule has 3 aromatic rings. The second kappa shape index (κ2) is 10.3. The van der Waals surface area contributed by atoms with Gasteiger partial charge in [0.25, 0.3) is 5.91 Å². The standard InChI is InChI=1S/C31H33N3O3/c1-20(2)22-14-16-24(17-15-22)32-34-27(29(35)21(3)23-10-6-4-7-11-23)19-18-26-28(34)31(37)33(30(26)36)25-12-8-5-9-13-25/h4-21,26-29,32,35H,1-3H3. The van der Waals surface area contributed by atoms with Crippen LogP contribution in [0.2, 0.25) is 0 Å². The Kier molecular flexibility index (Phi) is 6.96. The highest BCUT2D eigenvalue weighted by atomic mass is 16.3. The molecule has 2 aliphatic heterocycles. The number of carbonyl (C=O) groups excluding carboxylic acids is 2. The number of benzene rings is 3. The van der Waals surface area contributed by atoms with E-state index in [1.165, 1.54) is 10.5 Å². The van der Waals surface area contributed by atoms with Crippen molar-refractivity contribution in [1.29, 1.82) is 0 Å². The summed E-state index contributed by atoms with van der Waals surface area (Å²) in [6, 6.07) is 25.6. The summed E-state index contributed by atoms with van der Waals surface area (Å²) in [5, 5.41) is 13.4. The highest BCUT2D eigenvalue weighted by molar-refractivity contribution is 6.24. The molecule has 0 aliphatic carbocycles. The molecule has 3 aromatic carbocycles. The van der Waals surface area contributed by atoms with E-state index in [0.29, 0.717) is 11.6 Å². The maximum atomic E-state index is 13.8. The number of hydrogen-bond donors (Lipinski definition) is 2. The predicted molar refractivity (Wildman–Crippen MR) is 146 cm³/mol. The molecular weight excluding hydrogens is 462 g/mol. The monoisotopic (exact) mass is 495 g/mol. The summed E-state index contributed by atoms with van der Waals surface area (Å²) in [5.74, 6) is -1.01. The number of carbonyl (C=O) groups is 2. The van der Waals surface area contributed by atoms with Crippen LogP contribution < -0.4 is 10.3 Å². The lowest BCUT2D eigenvalue weighted by Gasteiger charge is -2.42. The van der Waals surface area contributed by atoms with Gasteiger partial charge in [0.1, 0.15) is 6.04 Å². The van der Waals surface area contributed by atoms with Crippen LogP contribution in [0, 0.1) is 5.92 Å². The van der Waals surface area contributed by atoms with Crippen molar-refractivity contribution in [3.8, 4) is 0 Å². The molecule has 6 nitrogen and oxygen atoms in total. The van der Waals surface area contributed by atoms with Crippen molar-refractivity contribution in [2.75, 3.05) is 10.3 Å². The summed E-state index contributed by atoms with van der Waals surface area (Å²) in [6.07, 6.45) is 2.83. The zero-order chi connectivity index (χ0) is 26.1. The summed E-state index contributed by atoms with van der Waals surface area (Å²) in [6.45, 7) is 6.26. The van der Waals surface area contributed by atoms with Gasteiger partial charge in [0.2, 0.25) is 5.91 Å². The van der Waals surface area contributed by atoms with E-state index < -0.39 is 24.1 Å². The van der Waals surface area contributed by atoms with Crippen LogP contribution in [0.25, 0.3) is 0 Å². The van der Waals surface area contributed by atoms with Gasteiger partial charge in [-0.15, -0.1) is 0 Å². The topological polar surface area (TPSA) is 72.9 Å². The Labute approximate surface area is 218 Å². The Morgan fingerprint density at radius 2 is 1.38 bits per heavy atom. The third kappa shape index (κ3) is 4.70. The molecule has 0 aromatic heterocycles. The molecule has 5 atom stereocenters. The molecule has 37 heavy (non-hydrogen) atoms. The zero-order valence-corrected chi connectivity index (χ0v) is 21.4. The minimum absolute atomic E-state index is 0.197. The molecule has 0 radical (unpaired) electrons. The van der Waals surface area contributed by atoms with E-state index >= 15 is 0 Å².